The first-order valence-corrected chi connectivity index (χ1v) is 9.68. The van der Waals surface area contributed by atoms with Gasteiger partial charge in [0.25, 0.3) is 0 Å². The minimum absolute atomic E-state index is 0.554. The summed E-state index contributed by atoms with van der Waals surface area (Å²) in [6.45, 7) is 7.21. The Morgan fingerprint density at radius 2 is 1.93 bits per heavy atom. The topological polar surface area (TPSA) is 61.8 Å². The number of pyridine rings is 1. The van der Waals surface area contributed by atoms with Gasteiger partial charge in [0.1, 0.15) is 5.82 Å². The van der Waals surface area contributed by atoms with Crippen molar-refractivity contribution in [3.63, 3.8) is 0 Å². The van der Waals surface area contributed by atoms with Gasteiger partial charge in [0.2, 0.25) is 0 Å². The van der Waals surface area contributed by atoms with Gasteiger partial charge in [-0.05, 0) is 24.6 Å². The highest BCUT2D eigenvalue weighted by Crippen LogP contribution is 2.19. The quantitative estimate of drug-likeness (QED) is 0.589. The molecule has 2 aromatic rings. The summed E-state index contributed by atoms with van der Waals surface area (Å²) in [6, 6.07) is 11.9. The number of aliphatic imine (C=N–C) groups is 1. The fourth-order valence-electron chi connectivity index (χ4n) is 2.94. The van der Waals surface area contributed by atoms with Crippen LogP contribution in [0.15, 0.2) is 47.6 Å². The van der Waals surface area contributed by atoms with E-state index in [1.54, 1.807) is 0 Å². The molecular formula is C20H26ClN5O. The van der Waals surface area contributed by atoms with Gasteiger partial charge in [0.05, 0.1) is 19.8 Å². The lowest BCUT2D eigenvalue weighted by atomic mass is 10.2. The van der Waals surface area contributed by atoms with Crippen LogP contribution in [0.1, 0.15) is 18.1 Å². The number of aromatic nitrogens is 1. The summed E-state index contributed by atoms with van der Waals surface area (Å²) in [4.78, 5) is 11.6. The van der Waals surface area contributed by atoms with Gasteiger partial charge in [-0.25, -0.2) is 9.98 Å². The lowest BCUT2D eigenvalue weighted by Gasteiger charge is -2.29. The first kappa shape index (κ1) is 19.5. The number of benzene rings is 1. The molecule has 27 heavy (non-hydrogen) atoms. The van der Waals surface area contributed by atoms with Gasteiger partial charge in [-0.15, -0.1) is 0 Å². The molecule has 0 radical (unpaired) electrons. The van der Waals surface area contributed by atoms with Crippen LogP contribution in [0.3, 0.4) is 0 Å². The molecule has 1 aliphatic rings. The molecule has 2 N–H and O–H groups in total. The Hall–Kier alpha value is -2.31. The van der Waals surface area contributed by atoms with Crippen LogP contribution in [-0.4, -0.2) is 43.8 Å². The molecule has 1 aromatic carbocycles. The van der Waals surface area contributed by atoms with Crippen molar-refractivity contribution in [3.05, 3.63) is 58.7 Å². The number of morpholine rings is 1. The van der Waals surface area contributed by atoms with E-state index >= 15 is 0 Å². The number of anilines is 1. The van der Waals surface area contributed by atoms with E-state index in [0.29, 0.717) is 13.1 Å². The second-order valence-corrected chi connectivity index (χ2v) is 6.63. The third-order valence-electron chi connectivity index (χ3n) is 4.33. The fourth-order valence-corrected chi connectivity index (χ4v) is 3.14. The summed E-state index contributed by atoms with van der Waals surface area (Å²) in [5.41, 5.74) is 2.15. The molecule has 2 heterocycles. The average Bonchev–Trinajstić information content (AvgIpc) is 2.72. The van der Waals surface area contributed by atoms with Crippen LogP contribution in [0.5, 0.6) is 0 Å². The second-order valence-electron chi connectivity index (χ2n) is 6.23. The Balaban J connectivity index is 1.69. The van der Waals surface area contributed by atoms with Crippen molar-refractivity contribution < 1.29 is 4.74 Å². The minimum Gasteiger partial charge on any atom is -0.378 e. The molecule has 0 unspecified atom stereocenters. The van der Waals surface area contributed by atoms with Gasteiger partial charge in [-0.1, -0.05) is 35.9 Å². The van der Waals surface area contributed by atoms with Crippen molar-refractivity contribution in [1.82, 2.24) is 15.6 Å². The molecule has 144 valence electrons. The molecule has 1 aromatic heterocycles. The van der Waals surface area contributed by atoms with Gasteiger partial charge in [-0.3, -0.25) is 0 Å². The van der Waals surface area contributed by atoms with Gasteiger partial charge in [0, 0.05) is 43.0 Å². The first-order chi connectivity index (χ1) is 13.3. The number of ether oxygens (including phenoxy) is 1. The normalized spacial score (nSPS) is 14.9. The molecule has 0 saturated carbocycles. The lowest BCUT2D eigenvalue weighted by Crippen LogP contribution is -2.38. The van der Waals surface area contributed by atoms with Crippen molar-refractivity contribution >= 4 is 23.4 Å². The number of hydrogen-bond acceptors (Lipinski definition) is 4. The summed E-state index contributed by atoms with van der Waals surface area (Å²) in [6.07, 6.45) is 1.83. The fraction of sp³-hybridized carbons (Fsp3) is 0.400. The monoisotopic (exact) mass is 387 g/mol. The number of guanidine groups is 1. The standard InChI is InChI=1S/C20H26ClN5O/c1-2-22-20(24-14-16-6-3-4-8-18(16)21)25-15-17-7-5-9-23-19(17)26-10-12-27-13-11-26/h3-9H,2,10-15H2,1H3,(H2,22,24,25). The molecule has 7 heteroatoms. The smallest absolute Gasteiger partial charge is 0.191 e. The van der Waals surface area contributed by atoms with E-state index in [2.05, 4.69) is 33.5 Å². The van der Waals surface area contributed by atoms with Crippen LogP contribution in [0, 0.1) is 0 Å². The zero-order chi connectivity index (χ0) is 18.9. The number of nitrogens with zero attached hydrogens (tertiary/aromatic N) is 3. The van der Waals surface area contributed by atoms with Gasteiger partial charge in [0.15, 0.2) is 5.96 Å². The predicted octanol–water partition coefficient (Wildman–Crippen LogP) is 2.83. The molecular weight excluding hydrogens is 362 g/mol. The number of rotatable bonds is 6. The number of halogens is 1. The van der Waals surface area contributed by atoms with E-state index in [-0.39, 0.29) is 0 Å². The highest BCUT2D eigenvalue weighted by molar-refractivity contribution is 6.31. The van der Waals surface area contributed by atoms with Crippen LogP contribution >= 0.6 is 11.6 Å². The highest BCUT2D eigenvalue weighted by Gasteiger charge is 2.15. The summed E-state index contributed by atoms with van der Waals surface area (Å²) >= 11 is 6.24. The van der Waals surface area contributed by atoms with Gasteiger partial charge < -0.3 is 20.3 Å². The molecule has 1 saturated heterocycles. The molecule has 0 aliphatic carbocycles. The number of hydrogen-bond donors (Lipinski definition) is 2. The molecule has 3 rings (SSSR count). The summed E-state index contributed by atoms with van der Waals surface area (Å²) < 4.78 is 5.45. The van der Waals surface area contributed by atoms with Crippen molar-refractivity contribution in [2.24, 2.45) is 4.99 Å². The van der Waals surface area contributed by atoms with Crippen molar-refractivity contribution in [2.45, 2.75) is 20.0 Å². The van der Waals surface area contributed by atoms with Crippen LogP contribution in [0.2, 0.25) is 5.02 Å². The van der Waals surface area contributed by atoms with Crippen LogP contribution in [-0.2, 0) is 17.8 Å². The van der Waals surface area contributed by atoms with Crippen molar-refractivity contribution in [2.75, 3.05) is 37.7 Å². The summed E-state index contributed by atoms with van der Waals surface area (Å²) in [5.74, 6) is 1.75. The molecule has 1 aliphatic heterocycles. The van der Waals surface area contributed by atoms with Crippen LogP contribution in [0.25, 0.3) is 0 Å². The number of nitrogens with one attached hydrogen (secondary N) is 2. The molecule has 0 spiro atoms. The predicted molar refractivity (Wildman–Crippen MR) is 110 cm³/mol. The highest BCUT2D eigenvalue weighted by atomic mass is 35.5. The van der Waals surface area contributed by atoms with Crippen LogP contribution < -0.4 is 15.5 Å². The Labute approximate surface area is 165 Å². The van der Waals surface area contributed by atoms with Gasteiger partial charge >= 0.3 is 0 Å². The van der Waals surface area contributed by atoms with Gasteiger partial charge in [-0.2, -0.15) is 0 Å². The first-order valence-electron chi connectivity index (χ1n) is 9.30. The molecule has 6 nitrogen and oxygen atoms in total. The zero-order valence-corrected chi connectivity index (χ0v) is 16.4. The van der Waals surface area contributed by atoms with E-state index in [0.717, 1.165) is 60.8 Å². The van der Waals surface area contributed by atoms with Crippen molar-refractivity contribution in [1.29, 1.82) is 0 Å². The zero-order valence-electron chi connectivity index (χ0n) is 15.6. The molecule has 1 fully saturated rings. The SMILES string of the molecule is CCNC(=NCc1cccnc1N1CCOCC1)NCc1ccccc1Cl. The summed E-state index contributed by atoms with van der Waals surface area (Å²) in [5, 5.41) is 7.38. The maximum atomic E-state index is 6.24. The minimum atomic E-state index is 0.554. The third-order valence-corrected chi connectivity index (χ3v) is 4.70. The molecule has 0 atom stereocenters. The molecule has 0 amide bonds. The summed E-state index contributed by atoms with van der Waals surface area (Å²) in [7, 11) is 0. The van der Waals surface area contributed by atoms with E-state index < -0.39 is 0 Å². The van der Waals surface area contributed by atoms with E-state index in [1.807, 2.05) is 36.5 Å². The van der Waals surface area contributed by atoms with Crippen molar-refractivity contribution in [3.8, 4) is 0 Å². The maximum Gasteiger partial charge on any atom is 0.191 e. The Bertz CT molecular complexity index is 762. The molecule has 0 bridgehead atoms. The second kappa shape index (κ2) is 10.1. The van der Waals surface area contributed by atoms with E-state index in [4.69, 9.17) is 21.3 Å². The Kier molecular flexibility index (Phi) is 7.30. The van der Waals surface area contributed by atoms with Crippen LogP contribution in [0.4, 0.5) is 5.82 Å². The average molecular weight is 388 g/mol. The Morgan fingerprint density at radius 1 is 1.15 bits per heavy atom. The maximum absolute atomic E-state index is 6.24. The van der Waals surface area contributed by atoms with E-state index in [9.17, 15) is 0 Å². The lowest BCUT2D eigenvalue weighted by molar-refractivity contribution is 0.122. The van der Waals surface area contributed by atoms with E-state index in [1.165, 1.54) is 0 Å². The third kappa shape index (κ3) is 5.58. The Morgan fingerprint density at radius 3 is 2.70 bits per heavy atom. The largest absolute Gasteiger partial charge is 0.378 e.